The standard InChI is InChI=1S/C11H11N3O/c12-8-1-2-9-10(7-8)15-6-5-14-4-3-13-11(9)14/h1-4,7H,5-6,12H2. The highest BCUT2D eigenvalue weighted by atomic mass is 16.5. The van der Waals surface area contributed by atoms with E-state index in [0.717, 1.165) is 23.7 Å². The molecule has 1 aromatic carbocycles. The van der Waals surface area contributed by atoms with Crippen LogP contribution in [-0.2, 0) is 6.54 Å². The van der Waals surface area contributed by atoms with E-state index < -0.39 is 0 Å². The molecule has 4 nitrogen and oxygen atoms in total. The van der Waals surface area contributed by atoms with Gasteiger partial charge in [-0.3, -0.25) is 0 Å². The predicted octanol–water partition coefficient (Wildman–Crippen LogP) is 1.52. The average molecular weight is 201 g/mol. The van der Waals surface area contributed by atoms with E-state index in [2.05, 4.69) is 9.55 Å². The number of hydrogen-bond acceptors (Lipinski definition) is 3. The van der Waals surface area contributed by atoms with Crippen molar-refractivity contribution >= 4 is 5.69 Å². The topological polar surface area (TPSA) is 53.1 Å². The smallest absolute Gasteiger partial charge is 0.143 e. The van der Waals surface area contributed by atoms with Gasteiger partial charge < -0.3 is 15.0 Å². The highest BCUT2D eigenvalue weighted by Crippen LogP contribution is 2.32. The van der Waals surface area contributed by atoms with E-state index in [1.807, 2.05) is 24.4 Å². The maximum absolute atomic E-state index is 5.72. The first kappa shape index (κ1) is 8.35. The van der Waals surface area contributed by atoms with Gasteiger partial charge >= 0.3 is 0 Å². The van der Waals surface area contributed by atoms with Crippen LogP contribution in [0.4, 0.5) is 5.69 Å². The lowest BCUT2D eigenvalue weighted by molar-refractivity contribution is 0.307. The van der Waals surface area contributed by atoms with Crippen LogP contribution >= 0.6 is 0 Å². The first-order valence-corrected chi connectivity index (χ1v) is 4.88. The summed E-state index contributed by atoms with van der Waals surface area (Å²) in [5.74, 6) is 1.77. The number of benzene rings is 1. The SMILES string of the molecule is Nc1ccc2c(c1)OCCn1ccnc1-2. The molecule has 2 heterocycles. The van der Waals surface area contributed by atoms with E-state index in [1.165, 1.54) is 0 Å². The van der Waals surface area contributed by atoms with E-state index in [4.69, 9.17) is 10.5 Å². The van der Waals surface area contributed by atoms with Crippen molar-refractivity contribution in [2.45, 2.75) is 6.54 Å². The zero-order valence-corrected chi connectivity index (χ0v) is 8.18. The van der Waals surface area contributed by atoms with Gasteiger partial charge in [-0.15, -0.1) is 0 Å². The monoisotopic (exact) mass is 201 g/mol. The largest absolute Gasteiger partial charge is 0.491 e. The lowest BCUT2D eigenvalue weighted by Gasteiger charge is -2.06. The molecule has 0 radical (unpaired) electrons. The van der Waals surface area contributed by atoms with Crippen LogP contribution in [0, 0.1) is 0 Å². The van der Waals surface area contributed by atoms with Crippen molar-refractivity contribution in [2.75, 3.05) is 12.3 Å². The number of anilines is 1. The van der Waals surface area contributed by atoms with Gasteiger partial charge in [-0.2, -0.15) is 0 Å². The number of rotatable bonds is 0. The van der Waals surface area contributed by atoms with E-state index in [1.54, 1.807) is 6.20 Å². The van der Waals surface area contributed by atoms with Gasteiger partial charge in [-0.05, 0) is 12.1 Å². The zero-order chi connectivity index (χ0) is 10.3. The second-order valence-electron chi connectivity index (χ2n) is 3.55. The first-order chi connectivity index (χ1) is 7.34. The second-order valence-corrected chi connectivity index (χ2v) is 3.55. The van der Waals surface area contributed by atoms with Crippen LogP contribution in [0.2, 0.25) is 0 Å². The molecule has 4 heteroatoms. The van der Waals surface area contributed by atoms with Crippen molar-refractivity contribution in [1.29, 1.82) is 0 Å². The van der Waals surface area contributed by atoms with Crippen molar-refractivity contribution in [2.24, 2.45) is 0 Å². The van der Waals surface area contributed by atoms with Crippen LogP contribution in [0.15, 0.2) is 30.6 Å². The maximum atomic E-state index is 5.72. The number of nitrogens with two attached hydrogens (primary N) is 1. The molecule has 0 saturated heterocycles. The third kappa shape index (κ3) is 1.26. The summed E-state index contributed by atoms with van der Waals surface area (Å²) >= 11 is 0. The van der Waals surface area contributed by atoms with Crippen molar-refractivity contribution in [3.05, 3.63) is 30.6 Å². The molecule has 0 spiro atoms. The molecule has 0 atom stereocenters. The summed E-state index contributed by atoms with van der Waals surface area (Å²) in [6, 6.07) is 5.67. The summed E-state index contributed by atoms with van der Waals surface area (Å²) in [5, 5.41) is 0. The third-order valence-corrected chi connectivity index (χ3v) is 2.55. The zero-order valence-electron chi connectivity index (χ0n) is 8.18. The van der Waals surface area contributed by atoms with Gasteiger partial charge in [0, 0.05) is 24.1 Å². The van der Waals surface area contributed by atoms with Gasteiger partial charge in [0.15, 0.2) is 0 Å². The fourth-order valence-electron chi connectivity index (χ4n) is 1.83. The Labute approximate surface area is 87.3 Å². The summed E-state index contributed by atoms with van der Waals surface area (Å²) in [7, 11) is 0. The Morgan fingerprint density at radius 1 is 1.40 bits per heavy atom. The van der Waals surface area contributed by atoms with Crippen molar-refractivity contribution < 1.29 is 4.74 Å². The molecule has 3 rings (SSSR count). The fraction of sp³-hybridized carbons (Fsp3) is 0.182. The van der Waals surface area contributed by atoms with Crippen LogP contribution < -0.4 is 10.5 Å². The minimum Gasteiger partial charge on any atom is -0.491 e. The Bertz CT molecular complexity index is 504. The summed E-state index contributed by atoms with van der Waals surface area (Å²) in [5.41, 5.74) is 7.44. The molecule has 2 aromatic rings. The van der Waals surface area contributed by atoms with Gasteiger partial charge in [-0.25, -0.2) is 4.98 Å². The summed E-state index contributed by atoms with van der Waals surface area (Å²) in [6.45, 7) is 1.48. The Kier molecular flexibility index (Phi) is 1.68. The summed E-state index contributed by atoms with van der Waals surface area (Å²) in [6.07, 6.45) is 3.77. The third-order valence-electron chi connectivity index (χ3n) is 2.55. The van der Waals surface area contributed by atoms with Gasteiger partial charge in [0.25, 0.3) is 0 Å². The molecule has 0 saturated carbocycles. The number of imidazole rings is 1. The molecule has 0 fully saturated rings. The molecule has 1 aromatic heterocycles. The van der Waals surface area contributed by atoms with Crippen LogP contribution in [-0.4, -0.2) is 16.2 Å². The minimum atomic E-state index is 0.653. The quantitative estimate of drug-likeness (QED) is 0.657. The molecular weight excluding hydrogens is 190 g/mol. The molecule has 15 heavy (non-hydrogen) atoms. The lowest BCUT2D eigenvalue weighted by Crippen LogP contribution is -2.04. The predicted molar refractivity (Wildman–Crippen MR) is 57.6 cm³/mol. The number of fused-ring (bicyclic) bond motifs is 3. The van der Waals surface area contributed by atoms with Crippen LogP contribution in [0.1, 0.15) is 0 Å². The average Bonchev–Trinajstić information content (AvgIpc) is 2.61. The summed E-state index contributed by atoms with van der Waals surface area (Å²) in [4.78, 5) is 4.33. The molecule has 76 valence electrons. The van der Waals surface area contributed by atoms with E-state index in [9.17, 15) is 0 Å². The van der Waals surface area contributed by atoms with Gasteiger partial charge in [-0.1, -0.05) is 0 Å². The number of aromatic nitrogens is 2. The number of nitrogen functional groups attached to an aromatic ring is 1. The Morgan fingerprint density at radius 3 is 3.27 bits per heavy atom. The maximum Gasteiger partial charge on any atom is 0.143 e. The molecule has 1 aliphatic rings. The molecule has 1 aliphatic heterocycles. The van der Waals surface area contributed by atoms with Crippen molar-refractivity contribution in [3.63, 3.8) is 0 Å². The van der Waals surface area contributed by atoms with Gasteiger partial charge in [0.2, 0.25) is 0 Å². The van der Waals surface area contributed by atoms with Crippen molar-refractivity contribution in [1.82, 2.24) is 9.55 Å². The highest BCUT2D eigenvalue weighted by Gasteiger charge is 2.15. The molecule has 0 bridgehead atoms. The minimum absolute atomic E-state index is 0.653. The van der Waals surface area contributed by atoms with Crippen LogP contribution in [0.3, 0.4) is 0 Å². The van der Waals surface area contributed by atoms with Gasteiger partial charge in [0.1, 0.15) is 18.2 Å². The molecule has 0 unspecified atom stereocenters. The Hall–Kier alpha value is -1.97. The molecule has 0 amide bonds. The Balaban J connectivity index is 2.25. The van der Waals surface area contributed by atoms with E-state index in [0.29, 0.717) is 12.3 Å². The fourth-order valence-corrected chi connectivity index (χ4v) is 1.83. The van der Waals surface area contributed by atoms with Gasteiger partial charge in [0.05, 0.1) is 12.1 Å². The number of nitrogens with zero attached hydrogens (tertiary/aromatic N) is 2. The number of ether oxygens (including phenoxy) is 1. The van der Waals surface area contributed by atoms with E-state index >= 15 is 0 Å². The second kappa shape index (κ2) is 3.02. The molecular formula is C11H11N3O. The lowest BCUT2D eigenvalue weighted by atomic mass is 10.1. The van der Waals surface area contributed by atoms with Crippen LogP contribution in [0.25, 0.3) is 11.4 Å². The van der Waals surface area contributed by atoms with Crippen molar-refractivity contribution in [3.8, 4) is 17.1 Å². The normalized spacial score (nSPS) is 13.6. The van der Waals surface area contributed by atoms with Crippen LogP contribution in [0.5, 0.6) is 5.75 Å². The first-order valence-electron chi connectivity index (χ1n) is 4.88. The Morgan fingerprint density at radius 2 is 2.33 bits per heavy atom. The highest BCUT2D eigenvalue weighted by molar-refractivity contribution is 5.68. The summed E-state index contributed by atoms with van der Waals surface area (Å²) < 4.78 is 7.71. The van der Waals surface area contributed by atoms with E-state index in [-0.39, 0.29) is 0 Å². The number of hydrogen-bond donors (Lipinski definition) is 1. The molecule has 0 aliphatic carbocycles. The molecule has 2 N–H and O–H groups in total.